The summed E-state index contributed by atoms with van der Waals surface area (Å²) in [5, 5.41) is 13.5. The van der Waals surface area contributed by atoms with E-state index in [2.05, 4.69) is 5.16 Å². The number of carbonyl (C=O) groups excluding carboxylic acids is 1. The van der Waals surface area contributed by atoms with Crippen molar-refractivity contribution in [3.63, 3.8) is 0 Å². The Morgan fingerprint density at radius 3 is 2.52 bits per heavy atom. The number of amides is 2. The molecule has 0 unspecified atom stereocenters. The number of anilines is 1. The molecule has 0 saturated heterocycles. The molecule has 3 rings (SSSR count). The number of halogens is 3. The molecule has 0 radical (unpaired) electrons. The molecule has 11 heteroatoms. The molecule has 164 valence electrons. The van der Waals surface area contributed by atoms with Crippen molar-refractivity contribution in [3.05, 3.63) is 51.8 Å². The molecule has 2 amide bonds. The molecule has 0 atom stereocenters. The number of carboxylic acid groups (broad SMARTS) is 1. The first-order chi connectivity index (χ1) is 14.5. The summed E-state index contributed by atoms with van der Waals surface area (Å²) < 4.78 is 29.2. The van der Waals surface area contributed by atoms with Gasteiger partial charge in [0.25, 0.3) is 0 Å². The Labute approximate surface area is 186 Å². The molecule has 0 spiro atoms. The van der Waals surface area contributed by atoms with Gasteiger partial charge in [-0.1, -0.05) is 28.4 Å². The summed E-state index contributed by atoms with van der Waals surface area (Å²) >= 11 is 12.0. The lowest BCUT2D eigenvalue weighted by molar-refractivity contribution is 0.0580. The Bertz CT molecular complexity index is 1160. The van der Waals surface area contributed by atoms with Crippen LogP contribution in [0.2, 0.25) is 10.0 Å². The van der Waals surface area contributed by atoms with Crippen LogP contribution in [0, 0.1) is 5.82 Å². The maximum Gasteiger partial charge on any atom is 0.425 e. The number of rotatable bonds is 4. The van der Waals surface area contributed by atoms with E-state index in [1.807, 2.05) is 0 Å². The molecule has 0 saturated carbocycles. The van der Waals surface area contributed by atoms with Crippen molar-refractivity contribution in [1.82, 2.24) is 5.16 Å². The highest BCUT2D eigenvalue weighted by Crippen LogP contribution is 2.33. The molecule has 1 heterocycles. The smallest absolute Gasteiger partial charge is 0.425 e. The third kappa shape index (κ3) is 5.18. The lowest BCUT2D eigenvalue weighted by atomic mass is 10.1. The number of carbonyl (C=O) groups is 2. The number of ether oxygens (including phenoxy) is 2. The van der Waals surface area contributed by atoms with Gasteiger partial charge in [0.2, 0.25) is 0 Å². The molecule has 0 aliphatic rings. The Kier molecular flexibility index (Phi) is 6.28. The van der Waals surface area contributed by atoms with E-state index in [1.165, 1.54) is 30.3 Å². The largest absolute Gasteiger partial charge is 0.489 e. The SMILES string of the molecule is CC(C)(C)OC(=O)N(C(=O)O)c1noc2cc(COc3ccc(F)c(Cl)c3)c(Cl)cc12. The van der Waals surface area contributed by atoms with Crippen LogP contribution in [0.5, 0.6) is 5.75 Å². The fourth-order valence-electron chi connectivity index (χ4n) is 2.55. The van der Waals surface area contributed by atoms with Crippen LogP contribution in [-0.2, 0) is 11.3 Å². The van der Waals surface area contributed by atoms with Crippen molar-refractivity contribution in [3.8, 4) is 5.75 Å². The first kappa shape index (κ1) is 22.6. The molecular formula is C20H17Cl2FN2O6. The van der Waals surface area contributed by atoms with Gasteiger partial charge in [0.1, 0.15) is 23.8 Å². The van der Waals surface area contributed by atoms with Gasteiger partial charge < -0.3 is 19.1 Å². The van der Waals surface area contributed by atoms with Crippen LogP contribution in [0.15, 0.2) is 34.9 Å². The summed E-state index contributed by atoms with van der Waals surface area (Å²) in [5.74, 6) is -0.533. The molecule has 0 aliphatic carbocycles. The highest BCUT2D eigenvalue weighted by atomic mass is 35.5. The maximum atomic E-state index is 13.3. The van der Waals surface area contributed by atoms with E-state index in [0.29, 0.717) is 16.2 Å². The third-order valence-corrected chi connectivity index (χ3v) is 4.53. The fourth-order valence-corrected chi connectivity index (χ4v) is 2.94. The van der Waals surface area contributed by atoms with Crippen LogP contribution in [0.25, 0.3) is 11.0 Å². The lowest BCUT2D eigenvalue weighted by Gasteiger charge is -2.23. The molecule has 0 aliphatic heterocycles. The van der Waals surface area contributed by atoms with Crippen molar-refractivity contribution in [2.75, 3.05) is 4.90 Å². The maximum absolute atomic E-state index is 13.3. The topological polar surface area (TPSA) is 102 Å². The molecule has 1 N–H and O–H groups in total. The van der Waals surface area contributed by atoms with E-state index in [0.717, 1.165) is 0 Å². The van der Waals surface area contributed by atoms with Crippen LogP contribution in [0.3, 0.4) is 0 Å². The Morgan fingerprint density at radius 2 is 1.90 bits per heavy atom. The predicted octanol–water partition coefficient (Wildman–Crippen LogP) is 6.27. The van der Waals surface area contributed by atoms with Crippen LogP contribution < -0.4 is 9.64 Å². The quantitative estimate of drug-likeness (QED) is 0.478. The summed E-state index contributed by atoms with van der Waals surface area (Å²) in [5.41, 5.74) is -0.267. The van der Waals surface area contributed by atoms with E-state index in [9.17, 15) is 19.1 Å². The summed E-state index contributed by atoms with van der Waals surface area (Å²) in [6.45, 7) is 4.79. The van der Waals surface area contributed by atoms with Gasteiger partial charge in [-0.25, -0.2) is 14.0 Å². The van der Waals surface area contributed by atoms with Gasteiger partial charge in [0.05, 0.1) is 10.4 Å². The predicted molar refractivity (Wildman–Crippen MR) is 111 cm³/mol. The zero-order valence-corrected chi connectivity index (χ0v) is 18.1. The standard InChI is InChI=1S/C20H17Cl2FN2O6/c1-20(2,3)30-19(28)25(18(26)27)17-12-8-13(21)10(6-16(12)31-24-17)9-29-11-4-5-15(23)14(22)7-11/h4-8H,9H2,1-3H3,(H,26,27). The van der Waals surface area contributed by atoms with E-state index in [1.54, 1.807) is 20.8 Å². The second kappa shape index (κ2) is 8.60. The minimum absolute atomic E-state index is 0.0124. The minimum Gasteiger partial charge on any atom is -0.489 e. The number of hydrogen-bond donors (Lipinski definition) is 1. The van der Waals surface area contributed by atoms with E-state index >= 15 is 0 Å². The number of hydrogen-bond acceptors (Lipinski definition) is 6. The monoisotopic (exact) mass is 470 g/mol. The van der Waals surface area contributed by atoms with Crippen LogP contribution in [0.4, 0.5) is 19.8 Å². The third-order valence-electron chi connectivity index (χ3n) is 3.88. The fraction of sp³-hybridized carbons (Fsp3) is 0.250. The number of aromatic nitrogens is 1. The molecule has 1 aromatic heterocycles. The summed E-state index contributed by atoms with van der Waals surface area (Å²) in [6.07, 6.45) is -2.73. The van der Waals surface area contributed by atoms with Gasteiger partial charge in [0, 0.05) is 16.7 Å². The first-order valence-corrected chi connectivity index (χ1v) is 9.63. The van der Waals surface area contributed by atoms with Crippen LogP contribution in [0.1, 0.15) is 26.3 Å². The minimum atomic E-state index is -1.60. The van der Waals surface area contributed by atoms with Crippen molar-refractivity contribution in [1.29, 1.82) is 0 Å². The van der Waals surface area contributed by atoms with Crippen molar-refractivity contribution in [2.45, 2.75) is 33.0 Å². The van der Waals surface area contributed by atoms with Gasteiger partial charge in [-0.15, -0.1) is 0 Å². The molecule has 31 heavy (non-hydrogen) atoms. The van der Waals surface area contributed by atoms with Crippen molar-refractivity contribution in [2.24, 2.45) is 0 Å². The molecular weight excluding hydrogens is 454 g/mol. The van der Waals surface area contributed by atoms with Gasteiger partial charge in [-0.2, -0.15) is 4.90 Å². The first-order valence-electron chi connectivity index (χ1n) is 8.88. The molecule has 3 aromatic rings. The summed E-state index contributed by atoms with van der Waals surface area (Å²) in [4.78, 5) is 24.4. The van der Waals surface area contributed by atoms with Crippen LogP contribution >= 0.6 is 23.2 Å². The summed E-state index contributed by atoms with van der Waals surface area (Å²) in [6, 6.07) is 6.79. The molecule has 2 aromatic carbocycles. The second-order valence-corrected chi connectivity index (χ2v) is 8.22. The van der Waals surface area contributed by atoms with Crippen molar-refractivity contribution >= 4 is 52.2 Å². The zero-order chi connectivity index (χ0) is 22.9. The van der Waals surface area contributed by atoms with Gasteiger partial charge in [-0.05, 0) is 45.0 Å². The molecule has 8 nitrogen and oxygen atoms in total. The Morgan fingerprint density at radius 1 is 1.19 bits per heavy atom. The Balaban J connectivity index is 1.89. The second-order valence-electron chi connectivity index (χ2n) is 7.41. The normalized spacial score (nSPS) is 11.4. The highest BCUT2D eigenvalue weighted by molar-refractivity contribution is 6.32. The molecule has 0 fully saturated rings. The Hall–Kier alpha value is -3.04. The molecule has 0 bridgehead atoms. The number of fused-ring (bicyclic) bond motifs is 1. The average molecular weight is 471 g/mol. The summed E-state index contributed by atoms with van der Waals surface area (Å²) in [7, 11) is 0. The van der Waals surface area contributed by atoms with Gasteiger partial charge in [-0.3, -0.25) is 0 Å². The van der Waals surface area contributed by atoms with E-state index in [-0.39, 0.29) is 33.4 Å². The van der Waals surface area contributed by atoms with E-state index < -0.39 is 23.6 Å². The lowest BCUT2D eigenvalue weighted by Crippen LogP contribution is -2.40. The van der Waals surface area contributed by atoms with E-state index in [4.69, 9.17) is 37.2 Å². The number of nitrogens with zero attached hydrogens (tertiary/aromatic N) is 2. The van der Waals surface area contributed by atoms with Crippen LogP contribution in [-0.4, -0.2) is 28.1 Å². The zero-order valence-electron chi connectivity index (χ0n) is 16.6. The number of benzene rings is 2. The van der Waals surface area contributed by atoms with Gasteiger partial charge in [0.15, 0.2) is 11.4 Å². The highest BCUT2D eigenvalue weighted by Gasteiger charge is 2.32. The van der Waals surface area contributed by atoms with Gasteiger partial charge >= 0.3 is 12.2 Å². The average Bonchev–Trinajstić information content (AvgIpc) is 3.03. The van der Waals surface area contributed by atoms with Crippen molar-refractivity contribution < 1.29 is 33.1 Å². The number of imide groups is 1.